The highest BCUT2D eigenvalue weighted by Crippen LogP contribution is 2.45. The number of phosphoric acid groups is 2. The van der Waals surface area contributed by atoms with Crippen LogP contribution in [0.3, 0.4) is 0 Å². The van der Waals surface area contributed by atoms with Gasteiger partial charge >= 0.3 is 27.6 Å². The van der Waals surface area contributed by atoms with E-state index >= 15 is 0 Å². The standard InChI is InChI=1S/C57H88O15P2/c1-3-5-7-9-11-13-15-17-19-21-23-25-27-29-31-33-35-37-39-41-43-45-56(61)67-47-53(58)49-69-73(63,64)71-51-55(60)52-72-74(65,66)70-50-54(59)48-68-57(62)46-44-42-40-38-36-34-32-30-28-26-24-22-20-18-16-14-12-10-8-6-4-2/h5-8,11-14,17-20,23-26,29-32,35-38,41,43,53-55,58-60H,3-4,9-10,15-16,21-22,27-28,33-34,39-40,42,44-52H2,1-2H3,(H,63,64)(H,65,66)/b7-5-,8-6-,13-11-,14-12-,19-17-,20-18-,25-23-,26-24-,31-29-,32-30-,37-35-,38-36-,43-41-. The van der Waals surface area contributed by atoms with Crippen LogP contribution in [0.5, 0.6) is 0 Å². The van der Waals surface area contributed by atoms with E-state index in [-0.39, 0.29) is 12.8 Å². The summed E-state index contributed by atoms with van der Waals surface area (Å²) >= 11 is 0. The Balaban J connectivity index is 4.03. The third-order valence-corrected chi connectivity index (χ3v) is 11.4. The minimum atomic E-state index is -4.83. The van der Waals surface area contributed by atoms with E-state index < -0.39 is 85.5 Å². The molecular weight excluding hydrogens is 987 g/mol. The van der Waals surface area contributed by atoms with Gasteiger partial charge in [-0.3, -0.25) is 27.7 Å². The van der Waals surface area contributed by atoms with Crippen molar-refractivity contribution in [2.24, 2.45) is 0 Å². The number of allylic oxidation sites excluding steroid dienone is 25. The molecule has 15 nitrogen and oxygen atoms in total. The molecule has 0 saturated carbocycles. The van der Waals surface area contributed by atoms with Gasteiger partial charge in [0.2, 0.25) is 0 Å². The molecule has 5 atom stereocenters. The molecule has 0 saturated heterocycles. The first kappa shape index (κ1) is 69.7. The van der Waals surface area contributed by atoms with Gasteiger partial charge < -0.3 is 34.6 Å². The molecule has 5 unspecified atom stereocenters. The summed E-state index contributed by atoms with van der Waals surface area (Å²) in [7, 11) is -9.64. The lowest BCUT2D eigenvalue weighted by atomic mass is 10.2. The van der Waals surface area contributed by atoms with E-state index in [0.717, 1.165) is 89.9 Å². The van der Waals surface area contributed by atoms with Gasteiger partial charge in [-0.2, -0.15) is 0 Å². The number of hydrogen-bond acceptors (Lipinski definition) is 13. The van der Waals surface area contributed by atoms with E-state index in [1.807, 2.05) is 12.2 Å². The molecule has 0 aromatic heterocycles. The molecule has 0 aromatic carbocycles. The molecule has 0 spiro atoms. The molecule has 0 heterocycles. The van der Waals surface area contributed by atoms with E-state index in [2.05, 4.69) is 166 Å². The van der Waals surface area contributed by atoms with Gasteiger partial charge in [0.15, 0.2) is 0 Å². The monoisotopic (exact) mass is 1070 g/mol. The quantitative estimate of drug-likeness (QED) is 0.0165. The molecule has 5 N–H and O–H groups in total. The van der Waals surface area contributed by atoms with Crippen LogP contribution in [-0.4, -0.2) is 95.0 Å². The average molecular weight is 1080 g/mol. The number of unbranched alkanes of at least 4 members (excludes halogenated alkanes) is 2. The second-order valence-electron chi connectivity index (χ2n) is 16.4. The number of rotatable bonds is 47. The first-order chi connectivity index (χ1) is 35.8. The van der Waals surface area contributed by atoms with Crippen molar-refractivity contribution in [1.29, 1.82) is 0 Å². The zero-order chi connectivity index (χ0) is 54.5. The van der Waals surface area contributed by atoms with E-state index in [1.54, 1.807) is 12.2 Å². The minimum absolute atomic E-state index is 0.0483. The summed E-state index contributed by atoms with van der Waals surface area (Å²) in [4.78, 5) is 43.8. The van der Waals surface area contributed by atoms with Gasteiger partial charge in [0.1, 0.15) is 31.5 Å². The Morgan fingerprint density at radius 2 is 0.622 bits per heavy atom. The molecule has 17 heteroatoms. The second kappa shape index (κ2) is 50.8. The van der Waals surface area contributed by atoms with Crippen molar-refractivity contribution in [2.45, 2.75) is 148 Å². The molecule has 416 valence electrons. The van der Waals surface area contributed by atoms with E-state index in [1.165, 1.54) is 0 Å². The van der Waals surface area contributed by atoms with Crippen LogP contribution in [0.2, 0.25) is 0 Å². The number of carbonyl (C=O) groups is 2. The molecule has 0 aromatic rings. The van der Waals surface area contributed by atoms with Crippen molar-refractivity contribution in [1.82, 2.24) is 0 Å². The van der Waals surface area contributed by atoms with Crippen LogP contribution in [0.1, 0.15) is 129 Å². The molecule has 0 amide bonds. The summed E-state index contributed by atoms with van der Waals surface area (Å²) in [5, 5.41) is 30.1. The molecule has 0 aliphatic heterocycles. The molecule has 0 aliphatic carbocycles. The summed E-state index contributed by atoms with van der Waals surface area (Å²) in [6.45, 7) is -0.0227. The Kier molecular flexibility index (Phi) is 47.8. The van der Waals surface area contributed by atoms with Crippen molar-refractivity contribution in [3.8, 4) is 0 Å². The van der Waals surface area contributed by atoms with E-state index in [9.17, 15) is 43.8 Å². The zero-order valence-electron chi connectivity index (χ0n) is 43.9. The maximum atomic E-state index is 12.2. The maximum absolute atomic E-state index is 12.2. The van der Waals surface area contributed by atoms with Crippen molar-refractivity contribution in [3.05, 3.63) is 158 Å². The van der Waals surface area contributed by atoms with E-state index in [0.29, 0.717) is 12.8 Å². The Labute approximate surface area is 442 Å². The fourth-order valence-electron chi connectivity index (χ4n) is 5.59. The Morgan fingerprint density at radius 3 is 0.932 bits per heavy atom. The number of hydrogen-bond donors (Lipinski definition) is 5. The van der Waals surface area contributed by atoms with Gasteiger partial charge in [-0.25, -0.2) is 9.13 Å². The van der Waals surface area contributed by atoms with Crippen molar-refractivity contribution < 1.29 is 71.4 Å². The lowest BCUT2D eigenvalue weighted by Gasteiger charge is -2.19. The van der Waals surface area contributed by atoms with Crippen LogP contribution in [0.25, 0.3) is 0 Å². The van der Waals surface area contributed by atoms with Gasteiger partial charge in [-0.1, -0.05) is 172 Å². The lowest BCUT2D eigenvalue weighted by molar-refractivity contribution is -0.147. The van der Waals surface area contributed by atoms with E-state index in [4.69, 9.17) is 9.47 Å². The van der Waals surface area contributed by atoms with Crippen LogP contribution in [-0.2, 0) is 46.3 Å². The van der Waals surface area contributed by atoms with Gasteiger partial charge in [0.25, 0.3) is 0 Å². The first-order valence-corrected chi connectivity index (χ1v) is 28.8. The fraction of sp³-hybridized carbons (Fsp3) is 0.509. The van der Waals surface area contributed by atoms with Crippen LogP contribution in [0.15, 0.2) is 158 Å². The highest BCUT2D eigenvalue weighted by atomic mass is 31.2. The third-order valence-electron chi connectivity index (χ3n) is 9.51. The van der Waals surface area contributed by atoms with Crippen LogP contribution < -0.4 is 0 Å². The second-order valence-corrected chi connectivity index (χ2v) is 19.3. The van der Waals surface area contributed by atoms with Gasteiger partial charge in [-0.05, 0) is 103 Å². The number of aliphatic hydroxyl groups is 3. The molecule has 0 fully saturated rings. The van der Waals surface area contributed by atoms with Gasteiger partial charge in [-0.15, -0.1) is 0 Å². The predicted octanol–water partition coefficient (Wildman–Crippen LogP) is 12.7. The van der Waals surface area contributed by atoms with Crippen LogP contribution in [0.4, 0.5) is 0 Å². The zero-order valence-corrected chi connectivity index (χ0v) is 45.7. The van der Waals surface area contributed by atoms with Gasteiger partial charge in [0, 0.05) is 6.42 Å². The van der Waals surface area contributed by atoms with Crippen molar-refractivity contribution in [3.63, 3.8) is 0 Å². The highest BCUT2D eigenvalue weighted by molar-refractivity contribution is 7.47. The Bertz CT molecular complexity index is 1920. The number of esters is 2. The molecule has 0 aliphatic rings. The number of ether oxygens (including phenoxy) is 2. The van der Waals surface area contributed by atoms with Crippen molar-refractivity contribution in [2.75, 3.05) is 39.6 Å². The van der Waals surface area contributed by atoms with Gasteiger partial charge in [0.05, 0.1) is 32.8 Å². The molecule has 0 bridgehead atoms. The highest BCUT2D eigenvalue weighted by Gasteiger charge is 2.28. The maximum Gasteiger partial charge on any atom is 0.472 e. The third kappa shape index (κ3) is 52.5. The minimum Gasteiger partial charge on any atom is -0.463 e. The summed E-state index contributed by atoms with van der Waals surface area (Å²) < 4.78 is 52.9. The smallest absolute Gasteiger partial charge is 0.463 e. The molecular formula is C57H88O15P2. The molecule has 74 heavy (non-hydrogen) atoms. The number of carbonyl (C=O) groups excluding carboxylic acids is 2. The van der Waals surface area contributed by atoms with Crippen LogP contribution in [0, 0.1) is 0 Å². The largest absolute Gasteiger partial charge is 0.472 e. The summed E-state index contributed by atoms with van der Waals surface area (Å²) in [5.41, 5.74) is 0. The first-order valence-electron chi connectivity index (χ1n) is 25.8. The Morgan fingerprint density at radius 1 is 0.365 bits per heavy atom. The summed E-state index contributed by atoms with van der Waals surface area (Å²) in [6, 6.07) is 0. The average Bonchev–Trinajstić information content (AvgIpc) is 3.38. The molecule has 0 rings (SSSR count). The number of phosphoric ester groups is 2. The Hall–Kier alpha value is -4.34. The summed E-state index contributed by atoms with van der Waals surface area (Å²) in [5.74, 6) is -1.18. The van der Waals surface area contributed by atoms with Crippen LogP contribution >= 0.6 is 15.6 Å². The SMILES string of the molecule is CC/C=C\C/C=C\C/C=C\C/C=C\C/C=C\C/C=C\C/C=C\CC(=O)OCC(O)COP(=O)(O)OCC(O)COP(=O)(O)OCC(O)COC(=O)CCCC/C=C\C/C=C\C/C=C\C/C=C\C/C=C\C/C=C\CC. The predicted molar refractivity (Wildman–Crippen MR) is 297 cm³/mol. The molecule has 0 radical (unpaired) electrons. The summed E-state index contributed by atoms with van der Waals surface area (Å²) in [6.07, 6.45) is 64.0. The van der Waals surface area contributed by atoms with Crippen molar-refractivity contribution >= 4 is 27.6 Å². The lowest BCUT2D eigenvalue weighted by Crippen LogP contribution is -2.25. The normalized spacial score (nSPS) is 16.0. The topological polar surface area (TPSA) is 225 Å². The number of aliphatic hydroxyl groups excluding tert-OH is 3. The fourth-order valence-corrected chi connectivity index (χ4v) is 7.18.